The zero-order chi connectivity index (χ0) is 17.1. The van der Waals surface area contributed by atoms with E-state index in [-0.39, 0.29) is 12.8 Å². The summed E-state index contributed by atoms with van der Waals surface area (Å²) in [6.07, 6.45) is -6.24. The Kier molecular flexibility index (Phi) is 10.4. The van der Waals surface area contributed by atoms with Gasteiger partial charge in [-0.2, -0.15) is 13.2 Å². The molecule has 8 nitrogen and oxygen atoms in total. The van der Waals surface area contributed by atoms with Gasteiger partial charge in [0.15, 0.2) is 6.61 Å². The van der Waals surface area contributed by atoms with Crippen molar-refractivity contribution < 1.29 is 52.4 Å². The molecule has 0 heterocycles. The number of aliphatic carboxylic acids is 3. The molecule has 0 aromatic rings. The highest BCUT2D eigenvalue weighted by Gasteiger charge is 2.29. The highest BCUT2D eigenvalue weighted by Crippen LogP contribution is 2.14. The standard InChI is InChI=1S/C6H7F3O4.C4H6O4/c7-6(8,9)3-13-5(12)2-1-4(10)11;5-3(6)1-2-4(7)8/h1-3H2,(H,10,11);1-2H2,(H,5,6)(H,7,8). The van der Waals surface area contributed by atoms with E-state index in [4.69, 9.17) is 15.3 Å². The van der Waals surface area contributed by atoms with E-state index in [0.29, 0.717) is 0 Å². The molecule has 0 aliphatic heterocycles. The van der Waals surface area contributed by atoms with Crippen LogP contribution in [0.4, 0.5) is 13.2 Å². The molecule has 0 atom stereocenters. The summed E-state index contributed by atoms with van der Waals surface area (Å²) in [5.74, 6) is -4.58. The second kappa shape index (κ2) is 10.5. The summed E-state index contributed by atoms with van der Waals surface area (Å²) >= 11 is 0. The maximum atomic E-state index is 11.4. The number of halogens is 3. The summed E-state index contributed by atoms with van der Waals surface area (Å²) in [5.41, 5.74) is 0. The molecule has 0 bridgehead atoms. The summed E-state index contributed by atoms with van der Waals surface area (Å²) < 4.78 is 38.0. The second-order valence-electron chi connectivity index (χ2n) is 3.46. The number of hydrogen-bond acceptors (Lipinski definition) is 5. The molecule has 0 unspecified atom stereocenters. The minimum Gasteiger partial charge on any atom is -0.481 e. The first-order valence-corrected chi connectivity index (χ1v) is 5.31. The Balaban J connectivity index is 0. The van der Waals surface area contributed by atoms with Gasteiger partial charge in [-0.25, -0.2) is 0 Å². The van der Waals surface area contributed by atoms with Crippen LogP contribution in [0.3, 0.4) is 0 Å². The van der Waals surface area contributed by atoms with Gasteiger partial charge in [0.2, 0.25) is 0 Å². The summed E-state index contributed by atoms with van der Waals surface area (Å²) in [7, 11) is 0. The quantitative estimate of drug-likeness (QED) is 0.588. The molecule has 0 aromatic carbocycles. The van der Waals surface area contributed by atoms with Gasteiger partial charge in [-0.05, 0) is 0 Å². The normalized spacial score (nSPS) is 10.0. The van der Waals surface area contributed by atoms with Gasteiger partial charge in [0.05, 0.1) is 25.7 Å². The average molecular weight is 318 g/mol. The summed E-state index contributed by atoms with van der Waals surface area (Å²) in [4.78, 5) is 39.6. The lowest BCUT2D eigenvalue weighted by Gasteiger charge is -2.06. The Morgan fingerprint density at radius 3 is 1.38 bits per heavy atom. The van der Waals surface area contributed by atoms with Gasteiger partial charge in [0.25, 0.3) is 0 Å². The van der Waals surface area contributed by atoms with Gasteiger partial charge in [-0.15, -0.1) is 0 Å². The van der Waals surface area contributed by atoms with Crippen molar-refractivity contribution in [1.29, 1.82) is 0 Å². The number of alkyl halides is 3. The number of hydrogen-bond donors (Lipinski definition) is 3. The van der Waals surface area contributed by atoms with Gasteiger partial charge in [-0.1, -0.05) is 0 Å². The van der Waals surface area contributed by atoms with Crippen molar-refractivity contribution in [1.82, 2.24) is 0 Å². The molecule has 0 aromatic heterocycles. The number of rotatable bonds is 7. The SMILES string of the molecule is O=C(O)CCC(=O)O.O=C(O)CCC(=O)OCC(F)(F)F. The first kappa shape index (κ1) is 21.0. The van der Waals surface area contributed by atoms with E-state index < -0.39 is 49.5 Å². The van der Waals surface area contributed by atoms with Crippen LogP contribution in [-0.4, -0.2) is 52.0 Å². The predicted molar refractivity (Wildman–Crippen MR) is 58.4 cm³/mol. The number of carboxylic acids is 3. The summed E-state index contributed by atoms with van der Waals surface area (Å²) in [6.45, 7) is -1.68. The van der Waals surface area contributed by atoms with Crippen LogP contribution >= 0.6 is 0 Å². The van der Waals surface area contributed by atoms with E-state index in [1.807, 2.05) is 0 Å². The minimum atomic E-state index is -4.57. The van der Waals surface area contributed by atoms with E-state index in [9.17, 15) is 32.3 Å². The van der Waals surface area contributed by atoms with Crippen molar-refractivity contribution >= 4 is 23.9 Å². The third-order valence-electron chi connectivity index (χ3n) is 1.49. The number of esters is 1. The lowest BCUT2D eigenvalue weighted by molar-refractivity contribution is -0.186. The van der Waals surface area contributed by atoms with Gasteiger partial charge in [0, 0.05) is 0 Å². The molecule has 0 radical (unpaired) electrons. The molecule has 0 aliphatic carbocycles. The van der Waals surface area contributed by atoms with Crippen LogP contribution in [0.25, 0.3) is 0 Å². The first-order chi connectivity index (χ1) is 9.44. The van der Waals surface area contributed by atoms with Crippen molar-refractivity contribution in [3.05, 3.63) is 0 Å². The zero-order valence-corrected chi connectivity index (χ0v) is 10.6. The molecule has 0 saturated carbocycles. The Bertz CT molecular complexity index is 363. The van der Waals surface area contributed by atoms with E-state index in [0.717, 1.165) is 0 Å². The molecule has 0 spiro atoms. The fourth-order valence-electron chi connectivity index (χ4n) is 0.657. The predicted octanol–water partition coefficient (Wildman–Crippen LogP) is 0.892. The van der Waals surface area contributed by atoms with Crippen molar-refractivity contribution in [2.45, 2.75) is 31.9 Å². The number of carbonyl (C=O) groups is 4. The molecule has 0 amide bonds. The largest absolute Gasteiger partial charge is 0.481 e. The fraction of sp³-hybridized carbons (Fsp3) is 0.600. The number of carbonyl (C=O) groups excluding carboxylic acids is 1. The molecule has 11 heteroatoms. The molecule has 0 rings (SSSR count). The monoisotopic (exact) mass is 318 g/mol. The molecular formula is C10H13F3O8. The van der Waals surface area contributed by atoms with Gasteiger partial charge in [-0.3, -0.25) is 19.2 Å². The third kappa shape index (κ3) is 23.2. The van der Waals surface area contributed by atoms with Crippen molar-refractivity contribution in [3.63, 3.8) is 0 Å². The highest BCUT2D eigenvalue weighted by molar-refractivity contribution is 5.76. The molecule has 0 aliphatic rings. The highest BCUT2D eigenvalue weighted by atomic mass is 19.4. The van der Waals surface area contributed by atoms with Crippen LogP contribution in [0.1, 0.15) is 25.7 Å². The Hall–Kier alpha value is -2.33. The average Bonchev–Trinajstić information content (AvgIpc) is 2.31. The van der Waals surface area contributed by atoms with Crippen molar-refractivity contribution in [2.24, 2.45) is 0 Å². The lowest BCUT2D eigenvalue weighted by atomic mass is 10.3. The van der Waals surface area contributed by atoms with Crippen LogP contribution in [0.15, 0.2) is 0 Å². The lowest BCUT2D eigenvalue weighted by Crippen LogP contribution is -2.20. The number of carboxylic acid groups (broad SMARTS) is 3. The summed E-state index contributed by atoms with van der Waals surface area (Å²) in [6, 6.07) is 0. The minimum absolute atomic E-state index is 0.296. The van der Waals surface area contributed by atoms with Crippen LogP contribution < -0.4 is 0 Å². The molecule has 122 valence electrons. The second-order valence-corrected chi connectivity index (χ2v) is 3.46. The van der Waals surface area contributed by atoms with E-state index >= 15 is 0 Å². The summed E-state index contributed by atoms with van der Waals surface area (Å²) in [5, 5.41) is 23.9. The zero-order valence-electron chi connectivity index (χ0n) is 10.6. The van der Waals surface area contributed by atoms with Gasteiger partial charge < -0.3 is 20.1 Å². The van der Waals surface area contributed by atoms with E-state index in [2.05, 4.69) is 4.74 Å². The van der Waals surface area contributed by atoms with Crippen LogP contribution in [0.2, 0.25) is 0 Å². The Labute approximate surface area is 116 Å². The van der Waals surface area contributed by atoms with Crippen LogP contribution in [0, 0.1) is 0 Å². The molecule has 21 heavy (non-hydrogen) atoms. The Morgan fingerprint density at radius 1 is 0.762 bits per heavy atom. The van der Waals surface area contributed by atoms with E-state index in [1.165, 1.54) is 0 Å². The molecular weight excluding hydrogens is 305 g/mol. The molecule has 3 N–H and O–H groups in total. The maximum absolute atomic E-state index is 11.4. The van der Waals surface area contributed by atoms with Crippen molar-refractivity contribution in [2.75, 3.05) is 6.61 Å². The maximum Gasteiger partial charge on any atom is 0.422 e. The topological polar surface area (TPSA) is 138 Å². The molecule has 0 fully saturated rings. The van der Waals surface area contributed by atoms with Gasteiger partial charge >= 0.3 is 30.1 Å². The van der Waals surface area contributed by atoms with Crippen molar-refractivity contribution in [3.8, 4) is 0 Å². The molecule has 0 saturated heterocycles. The van der Waals surface area contributed by atoms with Crippen LogP contribution in [0.5, 0.6) is 0 Å². The van der Waals surface area contributed by atoms with Crippen LogP contribution in [-0.2, 0) is 23.9 Å². The smallest absolute Gasteiger partial charge is 0.422 e. The fourth-order valence-corrected chi connectivity index (χ4v) is 0.657. The first-order valence-electron chi connectivity index (χ1n) is 5.31. The van der Waals surface area contributed by atoms with E-state index in [1.54, 1.807) is 0 Å². The van der Waals surface area contributed by atoms with Gasteiger partial charge in [0.1, 0.15) is 0 Å². The Morgan fingerprint density at radius 2 is 1.10 bits per heavy atom. The third-order valence-corrected chi connectivity index (χ3v) is 1.49. The number of ether oxygens (including phenoxy) is 1.